The Morgan fingerprint density at radius 2 is 1.62 bits per heavy atom. The Morgan fingerprint density at radius 3 is 2.50 bits per heavy atom. The smallest absolute Gasteiger partial charge is 0.183 e. The van der Waals surface area contributed by atoms with Gasteiger partial charge in [-0.25, -0.2) is 4.98 Å². The minimum Gasteiger partial charge on any atom is -0.361 e. The van der Waals surface area contributed by atoms with E-state index in [1.165, 1.54) is 21.9 Å². The molecular formula is C21H18N2S. The topological polar surface area (TPSA) is 24.9 Å². The van der Waals surface area contributed by atoms with Gasteiger partial charge in [-0.05, 0) is 28.8 Å². The van der Waals surface area contributed by atoms with E-state index in [0.29, 0.717) is 0 Å². The number of hydrogen-bond acceptors (Lipinski definition) is 3. The summed E-state index contributed by atoms with van der Waals surface area (Å²) in [4.78, 5) is 4.73. The number of fused-ring (bicyclic) bond motifs is 1. The number of rotatable bonds is 5. The van der Waals surface area contributed by atoms with Gasteiger partial charge in [-0.3, -0.25) is 0 Å². The predicted octanol–water partition coefficient (Wildman–Crippen LogP) is 5.62. The van der Waals surface area contributed by atoms with Crippen LogP contribution in [0.15, 0.2) is 78.2 Å². The highest BCUT2D eigenvalue weighted by molar-refractivity contribution is 7.14. The Morgan fingerprint density at radius 1 is 0.833 bits per heavy atom. The third kappa shape index (κ3) is 3.31. The van der Waals surface area contributed by atoms with E-state index in [1.54, 1.807) is 11.3 Å². The standard InChI is InChI=1S/C21H18N2S/c1-2-6-16(7-3-1)12-13-22-21-23-20(15-24-21)19-11-10-17-8-4-5-9-18(17)14-19/h1-11,14-15H,12-13H2,(H,22,23). The Hall–Kier alpha value is -2.65. The lowest BCUT2D eigenvalue weighted by Gasteiger charge is -2.03. The number of anilines is 1. The molecule has 3 heteroatoms. The lowest BCUT2D eigenvalue weighted by Crippen LogP contribution is -2.04. The molecule has 0 radical (unpaired) electrons. The number of aromatic nitrogens is 1. The summed E-state index contributed by atoms with van der Waals surface area (Å²) in [6.45, 7) is 0.898. The second-order valence-electron chi connectivity index (χ2n) is 5.76. The summed E-state index contributed by atoms with van der Waals surface area (Å²) < 4.78 is 0. The Kier molecular flexibility index (Phi) is 4.26. The molecule has 0 bridgehead atoms. The Labute approximate surface area is 145 Å². The van der Waals surface area contributed by atoms with Crippen molar-refractivity contribution in [2.45, 2.75) is 6.42 Å². The number of nitrogens with zero attached hydrogens (tertiary/aromatic N) is 1. The third-order valence-electron chi connectivity index (χ3n) is 4.08. The summed E-state index contributed by atoms with van der Waals surface area (Å²) in [6, 6.07) is 25.5. The van der Waals surface area contributed by atoms with E-state index < -0.39 is 0 Å². The van der Waals surface area contributed by atoms with E-state index in [1.807, 2.05) is 6.07 Å². The summed E-state index contributed by atoms with van der Waals surface area (Å²) >= 11 is 1.66. The zero-order valence-corrected chi connectivity index (χ0v) is 14.1. The molecule has 1 heterocycles. The first kappa shape index (κ1) is 14.9. The molecule has 0 aliphatic rings. The van der Waals surface area contributed by atoms with Crippen LogP contribution in [0, 0.1) is 0 Å². The predicted molar refractivity (Wildman–Crippen MR) is 104 cm³/mol. The zero-order valence-electron chi connectivity index (χ0n) is 13.3. The highest BCUT2D eigenvalue weighted by atomic mass is 32.1. The fourth-order valence-electron chi connectivity index (χ4n) is 2.79. The number of nitrogens with one attached hydrogen (secondary N) is 1. The monoisotopic (exact) mass is 330 g/mol. The molecule has 0 fully saturated rings. The van der Waals surface area contributed by atoms with E-state index in [-0.39, 0.29) is 0 Å². The molecule has 0 aliphatic heterocycles. The van der Waals surface area contributed by atoms with Crippen molar-refractivity contribution in [3.05, 3.63) is 83.7 Å². The summed E-state index contributed by atoms with van der Waals surface area (Å²) in [7, 11) is 0. The molecule has 3 aromatic carbocycles. The van der Waals surface area contributed by atoms with Gasteiger partial charge in [0, 0.05) is 17.5 Å². The molecule has 4 aromatic rings. The van der Waals surface area contributed by atoms with E-state index in [9.17, 15) is 0 Å². The van der Waals surface area contributed by atoms with Gasteiger partial charge in [0.25, 0.3) is 0 Å². The molecule has 0 saturated carbocycles. The summed E-state index contributed by atoms with van der Waals surface area (Å²) in [5.74, 6) is 0. The van der Waals surface area contributed by atoms with Crippen LogP contribution in [0.5, 0.6) is 0 Å². The van der Waals surface area contributed by atoms with Crippen LogP contribution in [0.2, 0.25) is 0 Å². The van der Waals surface area contributed by atoms with Gasteiger partial charge in [0.1, 0.15) is 0 Å². The van der Waals surface area contributed by atoms with Crippen molar-refractivity contribution in [1.82, 2.24) is 4.98 Å². The minimum atomic E-state index is 0.898. The van der Waals surface area contributed by atoms with E-state index in [2.05, 4.69) is 77.4 Å². The molecule has 0 unspecified atom stereocenters. The molecule has 1 aromatic heterocycles. The van der Waals surface area contributed by atoms with Crippen LogP contribution in [-0.4, -0.2) is 11.5 Å². The Bertz CT molecular complexity index is 944. The molecule has 0 amide bonds. The largest absolute Gasteiger partial charge is 0.361 e. The van der Waals surface area contributed by atoms with Crippen LogP contribution in [0.25, 0.3) is 22.0 Å². The van der Waals surface area contributed by atoms with Gasteiger partial charge in [0.15, 0.2) is 5.13 Å². The molecule has 0 aliphatic carbocycles. The average Bonchev–Trinajstić information content (AvgIpc) is 3.11. The van der Waals surface area contributed by atoms with Crippen molar-refractivity contribution in [2.24, 2.45) is 0 Å². The number of benzene rings is 3. The normalized spacial score (nSPS) is 10.8. The summed E-state index contributed by atoms with van der Waals surface area (Å²) in [6.07, 6.45) is 1.01. The summed E-state index contributed by atoms with van der Waals surface area (Å²) in [5, 5.41) is 9.04. The number of thiazole rings is 1. The lowest BCUT2D eigenvalue weighted by atomic mass is 10.1. The van der Waals surface area contributed by atoms with Gasteiger partial charge in [-0.1, -0.05) is 66.7 Å². The lowest BCUT2D eigenvalue weighted by molar-refractivity contribution is 1.02. The van der Waals surface area contributed by atoms with Gasteiger partial charge < -0.3 is 5.32 Å². The maximum atomic E-state index is 4.73. The first-order valence-corrected chi connectivity index (χ1v) is 8.99. The fourth-order valence-corrected chi connectivity index (χ4v) is 3.54. The molecule has 24 heavy (non-hydrogen) atoms. The van der Waals surface area contributed by atoms with E-state index in [4.69, 9.17) is 4.98 Å². The molecule has 0 saturated heterocycles. The quantitative estimate of drug-likeness (QED) is 0.514. The van der Waals surface area contributed by atoms with Gasteiger partial charge in [0.05, 0.1) is 5.69 Å². The van der Waals surface area contributed by atoms with Crippen LogP contribution < -0.4 is 5.32 Å². The van der Waals surface area contributed by atoms with Crippen molar-refractivity contribution < 1.29 is 0 Å². The molecular weight excluding hydrogens is 312 g/mol. The first-order valence-electron chi connectivity index (χ1n) is 8.11. The van der Waals surface area contributed by atoms with Gasteiger partial charge in [-0.2, -0.15) is 0 Å². The van der Waals surface area contributed by atoms with Gasteiger partial charge in [0.2, 0.25) is 0 Å². The molecule has 4 rings (SSSR count). The highest BCUT2D eigenvalue weighted by Gasteiger charge is 2.05. The minimum absolute atomic E-state index is 0.898. The third-order valence-corrected chi connectivity index (χ3v) is 4.88. The maximum Gasteiger partial charge on any atom is 0.183 e. The molecule has 1 N–H and O–H groups in total. The van der Waals surface area contributed by atoms with Gasteiger partial charge in [-0.15, -0.1) is 11.3 Å². The van der Waals surface area contributed by atoms with Crippen molar-refractivity contribution in [2.75, 3.05) is 11.9 Å². The molecule has 0 atom stereocenters. The van der Waals surface area contributed by atoms with E-state index >= 15 is 0 Å². The summed E-state index contributed by atoms with van der Waals surface area (Å²) in [5.41, 5.74) is 3.55. The second-order valence-corrected chi connectivity index (χ2v) is 6.62. The van der Waals surface area contributed by atoms with Crippen LogP contribution in [0.3, 0.4) is 0 Å². The molecule has 2 nitrogen and oxygen atoms in total. The van der Waals surface area contributed by atoms with Crippen molar-refractivity contribution in [1.29, 1.82) is 0 Å². The fraction of sp³-hybridized carbons (Fsp3) is 0.0952. The van der Waals surface area contributed by atoms with Crippen LogP contribution in [-0.2, 0) is 6.42 Å². The van der Waals surface area contributed by atoms with Crippen molar-refractivity contribution in [3.63, 3.8) is 0 Å². The first-order chi connectivity index (χ1) is 11.9. The van der Waals surface area contributed by atoms with Gasteiger partial charge >= 0.3 is 0 Å². The number of hydrogen-bond donors (Lipinski definition) is 1. The SMILES string of the molecule is c1ccc(CCNc2nc(-c3ccc4ccccc4c3)cs2)cc1. The van der Waals surface area contributed by atoms with Crippen molar-refractivity contribution >= 4 is 27.2 Å². The molecule has 0 spiro atoms. The van der Waals surface area contributed by atoms with Crippen LogP contribution in [0.1, 0.15) is 5.56 Å². The second kappa shape index (κ2) is 6.85. The molecule has 118 valence electrons. The van der Waals surface area contributed by atoms with E-state index in [0.717, 1.165) is 23.8 Å². The highest BCUT2D eigenvalue weighted by Crippen LogP contribution is 2.27. The maximum absolute atomic E-state index is 4.73. The Balaban J connectivity index is 1.45. The average molecular weight is 330 g/mol. The van der Waals surface area contributed by atoms with Crippen LogP contribution in [0.4, 0.5) is 5.13 Å². The zero-order chi connectivity index (χ0) is 16.2. The van der Waals surface area contributed by atoms with Crippen molar-refractivity contribution in [3.8, 4) is 11.3 Å². The van der Waals surface area contributed by atoms with Crippen LogP contribution >= 0.6 is 11.3 Å².